The van der Waals surface area contributed by atoms with Gasteiger partial charge in [0.15, 0.2) is 0 Å². The number of nitro groups is 1. The van der Waals surface area contributed by atoms with Gasteiger partial charge in [0.05, 0.1) is 23.4 Å². The average molecular weight is 223 g/mol. The zero-order valence-corrected chi connectivity index (χ0v) is 8.84. The maximum Gasteiger partial charge on any atom is 0.273 e. The number of amidine groups is 1. The van der Waals surface area contributed by atoms with Crippen molar-refractivity contribution in [2.45, 2.75) is 6.92 Å². The van der Waals surface area contributed by atoms with Gasteiger partial charge in [0, 0.05) is 12.0 Å². The SMILES string of the molecule is CC(COc1cccc([N+](=O)[O-])c1)C(=N)N. The molecule has 0 fully saturated rings. The number of non-ortho nitro benzene ring substituents is 1. The molecule has 1 rings (SSSR count). The van der Waals surface area contributed by atoms with E-state index in [1.54, 1.807) is 19.1 Å². The molecule has 1 atom stereocenters. The van der Waals surface area contributed by atoms with E-state index in [0.29, 0.717) is 5.75 Å². The maximum absolute atomic E-state index is 10.5. The van der Waals surface area contributed by atoms with Crippen molar-refractivity contribution < 1.29 is 9.66 Å². The molecule has 0 aromatic heterocycles. The highest BCUT2D eigenvalue weighted by Crippen LogP contribution is 2.19. The van der Waals surface area contributed by atoms with E-state index >= 15 is 0 Å². The first-order chi connectivity index (χ1) is 7.50. The summed E-state index contributed by atoms with van der Waals surface area (Å²) in [5.41, 5.74) is 5.25. The van der Waals surface area contributed by atoms with Gasteiger partial charge in [-0.05, 0) is 6.07 Å². The summed E-state index contributed by atoms with van der Waals surface area (Å²) < 4.78 is 5.29. The van der Waals surface area contributed by atoms with Gasteiger partial charge in [0.25, 0.3) is 5.69 Å². The number of nitrogens with zero attached hydrogens (tertiary/aromatic N) is 1. The maximum atomic E-state index is 10.5. The monoisotopic (exact) mass is 223 g/mol. The number of nitrogens with one attached hydrogen (secondary N) is 1. The summed E-state index contributed by atoms with van der Waals surface area (Å²) in [4.78, 5) is 10.0. The van der Waals surface area contributed by atoms with Crippen molar-refractivity contribution in [3.63, 3.8) is 0 Å². The molecule has 6 heteroatoms. The number of nitro benzene ring substituents is 1. The van der Waals surface area contributed by atoms with Gasteiger partial charge in [-0.25, -0.2) is 0 Å². The minimum Gasteiger partial charge on any atom is -0.493 e. The predicted octanol–water partition coefficient (Wildman–Crippen LogP) is 1.55. The molecule has 86 valence electrons. The Bertz CT molecular complexity index is 406. The third kappa shape index (κ3) is 3.23. The zero-order valence-electron chi connectivity index (χ0n) is 8.84. The van der Waals surface area contributed by atoms with Crippen molar-refractivity contribution in [3.05, 3.63) is 34.4 Å². The van der Waals surface area contributed by atoms with Gasteiger partial charge in [-0.1, -0.05) is 13.0 Å². The first-order valence-electron chi connectivity index (χ1n) is 4.72. The van der Waals surface area contributed by atoms with Crippen LogP contribution in [-0.4, -0.2) is 17.4 Å². The highest BCUT2D eigenvalue weighted by Gasteiger charge is 2.09. The molecule has 0 aliphatic carbocycles. The van der Waals surface area contributed by atoms with Crippen LogP contribution in [0.2, 0.25) is 0 Å². The summed E-state index contributed by atoms with van der Waals surface area (Å²) in [5.74, 6) is 0.229. The third-order valence-electron chi connectivity index (χ3n) is 2.06. The van der Waals surface area contributed by atoms with Gasteiger partial charge in [-0.3, -0.25) is 15.5 Å². The molecule has 0 radical (unpaired) electrons. The smallest absolute Gasteiger partial charge is 0.273 e. The van der Waals surface area contributed by atoms with E-state index in [0.717, 1.165) is 0 Å². The Morgan fingerprint density at radius 3 is 2.94 bits per heavy atom. The molecule has 0 spiro atoms. The number of hydrogen-bond acceptors (Lipinski definition) is 4. The second-order valence-electron chi connectivity index (χ2n) is 3.42. The lowest BCUT2D eigenvalue weighted by molar-refractivity contribution is -0.384. The van der Waals surface area contributed by atoms with Crippen molar-refractivity contribution in [3.8, 4) is 5.75 Å². The number of rotatable bonds is 5. The third-order valence-corrected chi connectivity index (χ3v) is 2.06. The van der Waals surface area contributed by atoms with Crippen molar-refractivity contribution in [2.75, 3.05) is 6.61 Å². The van der Waals surface area contributed by atoms with Crippen LogP contribution in [0.4, 0.5) is 5.69 Å². The lowest BCUT2D eigenvalue weighted by Crippen LogP contribution is -2.25. The fourth-order valence-electron chi connectivity index (χ4n) is 0.998. The van der Waals surface area contributed by atoms with Crippen molar-refractivity contribution >= 4 is 11.5 Å². The summed E-state index contributed by atoms with van der Waals surface area (Å²) in [6.45, 7) is 1.98. The van der Waals surface area contributed by atoms with Crippen LogP contribution in [0.1, 0.15) is 6.92 Å². The summed E-state index contributed by atoms with van der Waals surface area (Å²) >= 11 is 0. The average Bonchev–Trinajstić information content (AvgIpc) is 2.26. The molecule has 0 saturated carbocycles. The highest BCUT2D eigenvalue weighted by atomic mass is 16.6. The van der Waals surface area contributed by atoms with Crippen molar-refractivity contribution in [1.82, 2.24) is 0 Å². The van der Waals surface area contributed by atoms with Crippen LogP contribution in [0.25, 0.3) is 0 Å². The molecule has 0 amide bonds. The van der Waals surface area contributed by atoms with E-state index in [1.807, 2.05) is 0 Å². The molecule has 1 unspecified atom stereocenters. The molecule has 0 saturated heterocycles. The standard InChI is InChI=1S/C10H13N3O3/c1-7(10(11)12)6-16-9-4-2-3-8(5-9)13(14)15/h2-5,7H,6H2,1H3,(H3,11,12). The quantitative estimate of drug-likeness (QED) is 0.342. The number of nitrogens with two attached hydrogens (primary N) is 1. The zero-order chi connectivity index (χ0) is 12.1. The van der Waals surface area contributed by atoms with Crippen LogP contribution in [0.15, 0.2) is 24.3 Å². The molecule has 6 nitrogen and oxygen atoms in total. The van der Waals surface area contributed by atoms with Gasteiger partial charge in [-0.2, -0.15) is 0 Å². The van der Waals surface area contributed by atoms with Gasteiger partial charge in [-0.15, -0.1) is 0 Å². The molecule has 0 bridgehead atoms. The Morgan fingerprint density at radius 1 is 1.69 bits per heavy atom. The lowest BCUT2D eigenvalue weighted by Gasteiger charge is -2.11. The minimum atomic E-state index is -0.485. The van der Waals surface area contributed by atoms with Crippen LogP contribution in [0, 0.1) is 21.4 Å². The Morgan fingerprint density at radius 2 is 2.38 bits per heavy atom. The van der Waals surface area contributed by atoms with Crippen LogP contribution in [0.3, 0.4) is 0 Å². The molecule has 3 N–H and O–H groups in total. The number of benzene rings is 1. The van der Waals surface area contributed by atoms with Crippen LogP contribution < -0.4 is 10.5 Å². The molecular weight excluding hydrogens is 210 g/mol. The van der Waals surface area contributed by atoms with E-state index < -0.39 is 4.92 Å². The fraction of sp³-hybridized carbons (Fsp3) is 0.300. The normalized spacial score (nSPS) is 11.8. The fourth-order valence-corrected chi connectivity index (χ4v) is 0.998. The second-order valence-corrected chi connectivity index (χ2v) is 3.42. The number of hydrogen-bond donors (Lipinski definition) is 2. The topological polar surface area (TPSA) is 102 Å². The molecule has 0 heterocycles. The lowest BCUT2D eigenvalue weighted by atomic mass is 10.2. The first-order valence-corrected chi connectivity index (χ1v) is 4.72. The van der Waals surface area contributed by atoms with Gasteiger partial charge in [0.1, 0.15) is 5.75 Å². The molecule has 1 aromatic carbocycles. The van der Waals surface area contributed by atoms with E-state index in [-0.39, 0.29) is 24.0 Å². The Hall–Kier alpha value is -2.11. The van der Waals surface area contributed by atoms with Crippen LogP contribution in [-0.2, 0) is 0 Å². The van der Waals surface area contributed by atoms with Crippen molar-refractivity contribution in [1.29, 1.82) is 5.41 Å². The summed E-state index contributed by atoms with van der Waals surface area (Å²) in [5, 5.41) is 17.7. The minimum absolute atomic E-state index is 0.0204. The Labute approximate surface area is 92.7 Å². The molecule has 1 aromatic rings. The highest BCUT2D eigenvalue weighted by molar-refractivity contribution is 5.79. The van der Waals surface area contributed by atoms with Gasteiger partial charge in [0.2, 0.25) is 0 Å². The second kappa shape index (κ2) is 5.11. The van der Waals surface area contributed by atoms with Gasteiger partial charge >= 0.3 is 0 Å². The Kier molecular flexibility index (Phi) is 3.82. The van der Waals surface area contributed by atoms with E-state index in [2.05, 4.69) is 0 Å². The van der Waals surface area contributed by atoms with Crippen LogP contribution in [0.5, 0.6) is 5.75 Å². The van der Waals surface area contributed by atoms with Gasteiger partial charge < -0.3 is 10.5 Å². The first kappa shape index (κ1) is 12.0. The molecule has 16 heavy (non-hydrogen) atoms. The summed E-state index contributed by atoms with van der Waals surface area (Å²) in [6, 6.07) is 5.90. The van der Waals surface area contributed by atoms with E-state index in [9.17, 15) is 10.1 Å². The van der Waals surface area contributed by atoms with E-state index in [1.165, 1.54) is 12.1 Å². The molecule has 0 aliphatic rings. The summed E-state index contributed by atoms with van der Waals surface area (Å²) in [6.07, 6.45) is 0. The summed E-state index contributed by atoms with van der Waals surface area (Å²) in [7, 11) is 0. The predicted molar refractivity (Wildman–Crippen MR) is 59.7 cm³/mol. The Balaban J connectivity index is 2.64. The largest absolute Gasteiger partial charge is 0.493 e. The van der Waals surface area contributed by atoms with E-state index in [4.69, 9.17) is 15.9 Å². The van der Waals surface area contributed by atoms with Crippen molar-refractivity contribution in [2.24, 2.45) is 11.7 Å². The number of ether oxygens (including phenoxy) is 1. The molecular formula is C10H13N3O3. The molecule has 0 aliphatic heterocycles. The van der Waals surface area contributed by atoms with Crippen LogP contribution >= 0.6 is 0 Å².